The van der Waals surface area contributed by atoms with Gasteiger partial charge in [0.25, 0.3) is 5.69 Å². The molecule has 1 amide bonds. The van der Waals surface area contributed by atoms with Crippen molar-refractivity contribution in [1.82, 2.24) is 4.31 Å². The summed E-state index contributed by atoms with van der Waals surface area (Å²) in [7, 11) is -1.10. The van der Waals surface area contributed by atoms with Crippen LogP contribution in [0.5, 0.6) is 11.5 Å². The number of methoxy groups -OCH3 is 2. The lowest BCUT2D eigenvalue weighted by molar-refractivity contribution is -0.385. The average molecular weight is 492 g/mol. The Kier molecular flexibility index (Phi) is 7.68. The number of amides is 1. The number of nitrogens with one attached hydrogen (secondary N) is 1. The Morgan fingerprint density at radius 1 is 1.18 bits per heavy atom. The van der Waals surface area contributed by atoms with Gasteiger partial charge in [0, 0.05) is 31.1 Å². The van der Waals surface area contributed by atoms with E-state index in [2.05, 4.69) is 10.5 Å². The summed E-state index contributed by atoms with van der Waals surface area (Å²) in [5.41, 5.74) is 8.32. The molecule has 1 aliphatic rings. The maximum Gasteiger partial charge on any atom is 0.270 e. The molecule has 1 heterocycles. The summed E-state index contributed by atoms with van der Waals surface area (Å²) in [6.07, 6.45) is 2.01. The van der Waals surface area contributed by atoms with Crippen LogP contribution in [0.2, 0.25) is 0 Å². The molecule has 34 heavy (non-hydrogen) atoms. The number of rotatable bonds is 9. The summed E-state index contributed by atoms with van der Waals surface area (Å²) in [5.74, 6) is 0.153. The molecule has 12 nitrogen and oxygen atoms in total. The summed E-state index contributed by atoms with van der Waals surface area (Å²) in [6, 6.07) is 8.56. The van der Waals surface area contributed by atoms with Gasteiger partial charge in [-0.3, -0.25) is 20.3 Å². The van der Waals surface area contributed by atoms with E-state index >= 15 is 0 Å². The number of hydrogen-bond donors (Lipinski definition) is 2. The largest absolute Gasteiger partial charge is 0.493 e. The topological polar surface area (TPSA) is 166 Å². The number of nitrogens with two attached hydrogens (primary N) is 1. The van der Waals surface area contributed by atoms with Crippen molar-refractivity contribution in [2.45, 2.75) is 17.7 Å². The predicted molar refractivity (Wildman–Crippen MR) is 125 cm³/mol. The number of benzene rings is 2. The number of carbonyl (C=O) groups excluding carboxylic acids is 1. The Balaban J connectivity index is 1.88. The molecule has 2 aromatic rings. The smallest absolute Gasteiger partial charge is 0.270 e. The van der Waals surface area contributed by atoms with Gasteiger partial charge in [-0.05, 0) is 42.7 Å². The molecular weight excluding hydrogens is 466 g/mol. The summed E-state index contributed by atoms with van der Waals surface area (Å²) in [5, 5.41) is 15.4. The van der Waals surface area contributed by atoms with E-state index in [0.717, 1.165) is 6.07 Å². The summed E-state index contributed by atoms with van der Waals surface area (Å²) in [4.78, 5) is 21.7. The Hall–Kier alpha value is -3.71. The molecule has 0 atom stereocenters. The van der Waals surface area contributed by atoms with Gasteiger partial charge in [-0.2, -0.15) is 9.41 Å². The van der Waals surface area contributed by atoms with Crippen molar-refractivity contribution in [3.63, 3.8) is 0 Å². The van der Waals surface area contributed by atoms with Gasteiger partial charge in [0.1, 0.15) is 4.90 Å². The molecule has 0 saturated carbocycles. The second-order valence-electron chi connectivity index (χ2n) is 7.50. The number of nitrogens with zero attached hydrogens (tertiary/aromatic N) is 3. The second-order valence-corrected chi connectivity index (χ2v) is 9.41. The molecule has 1 fully saturated rings. The molecule has 0 bridgehead atoms. The number of anilines is 1. The molecule has 2 aromatic carbocycles. The minimum absolute atomic E-state index is 0.0688. The maximum absolute atomic E-state index is 13.3. The first kappa shape index (κ1) is 24.9. The Morgan fingerprint density at radius 2 is 1.85 bits per heavy atom. The first-order valence-corrected chi connectivity index (χ1v) is 11.7. The lowest BCUT2D eigenvalue weighted by atomic mass is 9.98. The van der Waals surface area contributed by atoms with Gasteiger partial charge in [0.15, 0.2) is 11.5 Å². The third-order valence-corrected chi connectivity index (χ3v) is 7.39. The Morgan fingerprint density at radius 3 is 2.44 bits per heavy atom. The van der Waals surface area contributed by atoms with Gasteiger partial charge in [-0.1, -0.05) is 0 Å². The van der Waals surface area contributed by atoms with E-state index in [1.54, 1.807) is 18.2 Å². The fraction of sp³-hybridized carbons (Fsp3) is 0.333. The minimum Gasteiger partial charge on any atom is -0.493 e. The molecule has 1 aliphatic heterocycles. The van der Waals surface area contributed by atoms with Gasteiger partial charge in [0.2, 0.25) is 15.9 Å². The lowest BCUT2D eigenvalue weighted by Crippen LogP contribution is -2.41. The van der Waals surface area contributed by atoms with Crippen molar-refractivity contribution in [1.29, 1.82) is 0 Å². The standard InChI is InChI=1S/C21H25N5O7S/c1-32-18-6-3-14(11-19(18)33-2)13-23-24-17-5-4-16(26(28)29)12-20(17)34(30,31)25-9-7-15(8-10-25)21(22)27/h3-6,11-13,15,24H,7-10H2,1-2H3,(H2,22,27)/b23-13-. The highest BCUT2D eigenvalue weighted by Crippen LogP contribution is 2.32. The number of nitro groups is 1. The van der Waals surface area contributed by atoms with Crippen molar-refractivity contribution in [2.24, 2.45) is 16.8 Å². The molecule has 0 aromatic heterocycles. The van der Waals surface area contributed by atoms with Crippen LogP contribution in [0.15, 0.2) is 46.4 Å². The predicted octanol–water partition coefficient (Wildman–Crippen LogP) is 1.94. The van der Waals surface area contributed by atoms with Crippen molar-refractivity contribution < 1.29 is 27.6 Å². The van der Waals surface area contributed by atoms with Crippen LogP contribution in [0.1, 0.15) is 18.4 Å². The number of piperidine rings is 1. The molecule has 13 heteroatoms. The molecule has 0 radical (unpaired) electrons. The van der Waals surface area contributed by atoms with Gasteiger partial charge in [-0.15, -0.1) is 0 Å². The van der Waals surface area contributed by atoms with Crippen LogP contribution in [0, 0.1) is 16.0 Å². The quantitative estimate of drug-likeness (QED) is 0.305. The van der Waals surface area contributed by atoms with Crippen LogP contribution >= 0.6 is 0 Å². The molecule has 0 aliphatic carbocycles. The molecule has 0 unspecified atom stereocenters. The SMILES string of the molecule is COc1ccc(/C=N\Nc2ccc([N+](=O)[O-])cc2S(=O)(=O)N2CCC(C(N)=O)CC2)cc1OC. The number of carbonyl (C=O) groups is 1. The van der Waals surface area contributed by atoms with Crippen molar-refractivity contribution in [2.75, 3.05) is 32.7 Å². The van der Waals surface area contributed by atoms with Crippen LogP contribution in [0.25, 0.3) is 0 Å². The zero-order valence-corrected chi connectivity index (χ0v) is 19.4. The van der Waals surface area contributed by atoms with E-state index in [1.165, 1.54) is 36.9 Å². The summed E-state index contributed by atoms with van der Waals surface area (Å²) < 4.78 is 38.2. The second kappa shape index (κ2) is 10.5. The van der Waals surface area contributed by atoms with Crippen LogP contribution in [-0.4, -0.2) is 57.1 Å². The summed E-state index contributed by atoms with van der Waals surface area (Å²) in [6.45, 7) is 0.153. The van der Waals surface area contributed by atoms with Crippen LogP contribution in [0.3, 0.4) is 0 Å². The number of sulfonamides is 1. The van der Waals surface area contributed by atoms with Gasteiger partial charge in [0.05, 0.1) is 31.0 Å². The Bertz CT molecular complexity index is 1210. The highest BCUT2D eigenvalue weighted by Gasteiger charge is 2.33. The molecular formula is C21H25N5O7S. The third kappa shape index (κ3) is 5.43. The zero-order chi connectivity index (χ0) is 24.9. The van der Waals surface area contributed by atoms with Gasteiger partial charge < -0.3 is 15.2 Å². The van der Waals surface area contributed by atoms with Crippen LogP contribution < -0.4 is 20.6 Å². The number of nitro benzene ring substituents is 1. The highest BCUT2D eigenvalue weighted by molar-refractivity contribution is 7.89. The first-order chi connectivity index (χ1) is 16.2. The van der Waals surface area contributed by atoms with Crippen molar-refractivity contribution >= 4 is 33.5 Å². The number of hydrogen-bond acceptors (Lipinski definition) is 9. The molecule has 0 spiro atoms. The number of primary amides is 1. The average Bonchev–Trinajstić information content (AvgIpc) is 2.83. The van der Waals surface area contributed by atoms with E-state index < -0.39 is 26.8 Å². The normalized spacial score (nSPS) is 15.2. The molecule has 182 valence electrons. The number of hydrazone groups is 1. The fourth-order valence-electron chi connectivity index (χ4n) is 3.56. The molecule has 3 rings (SSSR count). The van der Waals surface area contributed by atoms with E-state index in [0.29, 0.717) is 17.1 Å². The van der Waals surface area contributed by atoms with Crippen LogP contribution in [0.4, 0.5) is 11.4 Å². The third-order valence-electron chi connectivity index (χ3n) is 5.46. The number of ether oxygens (including phenoxy) is 2. The van der Waals surface area contributed by atoms with E-state index in [-0.39, 0.29) is 42.2 Å². The maximum atomic E-state index is 13.3. The Labute approximate surface area is 196 Å². The number of non-ortho nitro benzene ring substituents is 1. The van der Waals surface area contributed by atoms with Crippen molar-refractivity contribution in [3.8, 4) is 11.5 Å². The van der Waals surface area contributed by atoms with E-state index in [9.17, 15) is 23.3 Å². The fourth-order valence-corrected chi connectivity index (χ4v) is 5.19. The highest BCUT2D eigenvalue weighted by atomic mass is 32.2. The van der Waals surface area contributed by atoms with Crippen molar-refractivity contribution in [3.05, 3.63) is 52.1 Å². The van der Waals surface area contributed by atoms with Crippen LogP contribution in [-0.2, 0) is 14.8 Å². The zero-order valence-electron chi connectivity index (χ0n) is 18.6. The van der Waals surface area contributed by atoms with Gasteiger partial charge in [-0.25, -0.2) is 8.42 Å². The van der Waals surface area contributed by atoms with Gasteiger partial charge >= 0.3 is 0 Å². The lowest BCUT2D eigenvalue weighted by Gasteiger charge is -2.30. The van der Waals surface area contributed by atoms with E-state index in [1.807, 2.05) is 0 Å². The monoisotopic (exact) mass is 491 g/mol. The van der Waals surface area contributed by atoms with E-state index in [4.69, 9.17) is 15.2 Å². The summed E-state index contributed by atoms with van der Waals surface area (Å²) >= 11 is 0. The minimum atomic E-state index is -4.11. The molecule has 1 saturated heterocycles. The molecule has 3 N–H and O–H groups in total. The first-order valence-electron chi connectivity index (χ1n) is 10.3.